The van der Waals surface area contributed by atoms with Gasteiger partial charge in [-0.05, 0) is 122 Å². The molecule has 0 radical (unpaired) electrons. The minimum absolute atomic E-state index is 1.15. The Balaban J connectivity index is 1.11. The molecular formula is C44H27NS. The number of fused-ring (bicyclic) bond motifs is 9. The quantitative estimate of drug-likeness (QED) is 0.194. The summed E-state index contributed by atoms with van der Waals surface area (Å²) in [5.74, 6) is 0. The van der Waals surface area contributed by atoms with Gasteiger partial charge in [0.2, 0.25) is 0 Å². The molecule has 0 spiro atoms. The van der Waals surface area contributed by atoms with Gasteiger partial charge in [-0.15, -0.1) is 11.3 Å². The highest BCUT2D eigenvalue weighted by Gasteiger charge is 2.25. The van der Waals surface area contributed by atoms with Crippen LogP contribution in [0.2, 0.25) is 0 Å². The van der Waals surface area contributed by atoms with Gasteiger partial charge in [0.15, 0.2) is 0 Å². The van der Waals surface area contributed by atoms with Crippen molar-refractivity contribution >= 4 is 70.1 Å². The van der Waals surface area contributed by atoms with Gasteiger partial charge in [-0.25, -0.2) is 0 Å². The summed E-state index contributed by atoms with van der Waals surface area (Å²) in [4.78, 5) is 2.42. The molecule has 0 atom stereocenters. The maximum Gasteiger partial charge on any atom is 0.0640 e. The van der Waals surface area contributed by atoms with Crippen LogP contribution in [0.5, 0.6) is 0 Å². The van der Waals surface area contributed by atoms with Gasteiger partial charge < -0.3 is 4.90 Å². The zero-order chi connectivity index (χ0) is 30.2. The number of para-hydroxylation sites is 1. The molecule has 1 aromatic heterocycles. The fraction of sp³-hybridized carbons (Fsp3) is 0. The van der Waals surface area contributed by atoms with Gasteiger partial charge in [0.25, 0.3) is 0 Å². The Kier molecular flexibility index (Phi) is 5.51. The van der Waals surface area contributed by atoms with Crippen LogP contribution in [0.15, 0.2) is 164 Å². The minimum Gasteiger partial charge on any atom is -0.309 e. The average molecular weight is 602 g/mol. The lowest BCUT2D eigenvalue weighted by Gasteiger charge is -2.28. The van der Waals surface area contributed by atoms with Crippen LogP contribution in [0.3, 0.4) is 0 Å². The summed E-state index contributed by atoms with van der Waals surface area (Å²) in [6, 6.07) is 60.1. The molecule has 1 aliphatic carbocycles. The van der Waals surface area contributed by atoms with Gasteiger partial charge in [-0.1, -0.05) is 97.1 Å². The number of thiophene rings is 1. The first-order chi connectivity index (χ1) is 22.8. The number of anilines is 3. The number of hydrogen-bond donors (Lipinski definition) is 0. The van der Waals surface area contributed by atoms with Crippen LogP contribution in [-0.4, -0.2) is 0 Å². The normalized spacial score (nSPS) is 11.9. The molecule has 10 rings (SSSR count). The van der Waals surface area contributed by atoms with Gasteiger partial charge in [0, 0.05) is 26.8 Å². The van der Waals surface area contributed by atoms with Gasteiger partial charge in [0.05, 0.1) is 10.4 Å². The molecule has 0 fully saturated rings. The first kappa shape index (κ1) is 25.6. The summed E-state index contributed by atoms with van der Waals surface area (Å²) in [5.41, 5.74) is 11.4. The second kappa shape index (κ2) is 9.90. The lowest BCUT2D eigenvalue weighted by Crippen LogP contribution is -2.10. The Labute approximate surface area is 271 Å². The van der Waals surface area contributed by atoms with Crippen LogP contribution in [0.25, 0.3) is 75.1 Å². The highest BCUT2D eigenvalue weighted by Crippen LogP contribution is 2.51. The summed E-state index contributed by atoms with van der Waals surface area (Å²) in [7, 11) is 0. The molecule has 2 heteroatoms. The zero-order valence-electron chi connectivity index (χ0n) is 24.9. The Hall–Kier alpha value is -5.70. The third-order valence-electron chi connectivity index (χ3n) is 9.52. The number of hydrogen-bond acceptors (Lipinski definition) is 2. The molecule has 0 bridgehead atoms. The molecule has 0 saturated heterocycles. The summed E-state index contributed by atoms with van der Waals surface area (Å²) in [5, 5.41) is 7.71. The van der Waals surface area contributed by atoms with Gasteiger partial charge in [-0.3, -0.25) is 0 Å². The minimum atomic E-state index is 1.15. The van der Waals surface area contributed by atoms with Gasteiger partial charge in [0.1, 0.15) is 0 Å². The lowest BCUT2D eigenvalue weighted by atomic mass is 9.77. The third kappa shape index (κ3) is 3.87. The van der Waals surface area contributed by atoms with Crippen LogP contribution in [0, 0.1) is 0 Å². The molecule has 0 aliphatic heterocycles. The fourth-order valence-corrected chi connectivity index (χ4v) is 8.48. The molecule has 9 aromatic rings. The molecule has 1 nitrogen and oxygen atoms in total. The van der Waals surface area contributed by atoms with E-state index in [0.29, 0.717) is 0 Å². The predicted molar refractivity (Wildman–Crippen MR) is 199 cm³/mol. The molecular weight excluding hydrogens is 575 g/mol. The SMILES string of the molecule is c1ccc(-c2ccc3cc4c(cc3c2)-c2cc3cc(N(c5ccccc5)c5cccc6c5sc5ccccc56)ccc3cc2-4)cc1. The van der Waals surface area contributed by atoms with E-state index in [1.54, 1.807) is 0 Å². The monoisotopic (exact) mass is 601 g/mol. The van der Waals surface area contributed by atoms with Crippen LogP contribution >= 0.6 is 11.3 Å². The zero-order valence-corrected chi connectivity index (χ0v) is 25.8. The number of benzene rings is 8. The molecule has 0 saturated carbocycles. The first-order valence-electron chi connectivity index (χ1n) is 15.8. The Morgan fingerprint density at radius 3 is 1.74 bits per heavy atom. The van der Waals surface area contributed by atoms with Gasteiger partial charge >= 0.3 is 0 Å². The van der Waals surface area contributed by atoms with Crippen molar-refractivity contribution in [1.82, 2.24) is 0 Å². The van der Waals surface area contributed by atoms with E-state index in [4.69, 9.17) is 0 Å². The second-order valence-electron chi connectivity index (χ2n) is 12.2. The molecule has 46 heavy (non-hydrogen) atoms. The molecule has 1 heterocycles. The standard InChI is InChI=1S/C44H27NS/c1-3-10-28(11-4-1)29-18-19-30-24-38-39-25-31-20-21-35(23-33(31)27-41(39)40(38)26-32(30)22-29)45(34-12-5-2-6-13-34)42-16-9-15-37-36-14-7-8-17-43(36)46-44(37)42/h1-27H. The van der Waals surface area contributed by atoms with E-state index in [1.165, 1.54) is 80.8 Å². The maximum atomic E-state index is 2.42. The van der Waals surface area contributed by atoms with Gasteiger partial charge in [-0.2, -0.15) is 0 Å². The predicted octanol–water partition coefficient (Wildman–Crippen LogP) is 13.1. The number of rotatable bonds is 4. The summed E-state index contributed by atoms with van der Waals surface area (Å²) >= 11 is 1.87. The van der Waals surface area contributed by atoms with E-state index in [0.717, 1.165) is 11.4 Å². The van der Waals surface area contributed by atoms with Crippen molar-refractivity contribution in [2.24, 2.45) is 0 Å². The highest BCUT2D eigenvalue weighted by atomic mass is 32.1. The van der Waals surface area contributed by atoms with Crippen molar-refractivity contribution in [3.8, 4) is 33.4 Å². The molecule has 0 unspecified atom stereocenters. The Morgan fingerprint density at radius 2 is 0.978 bits per heavy atom. The fourth-order valence-electron chi connectivity index (χ4n) is 7.27. The van der Waals surface area contributed by atoms with Crippen molar-refractivity contribution in [2.45, 2.75) is 0 Å². The van der Waals surface area contributed by atoms with Crippen molar-refractivity contribution in [1.29, 1.82) is 0 Å². The van der Waals surface area contributed by atoms with Crippen molar-refractivity contribution in [3.63, 3.8) is 0 Å². The summed E-state index contributed by atoms with van der Waals surface area (Å²) in [6.45, 7) is 0. The van der Waals surface area contributed by atoms with Crippen molar-refractivity contribution in [2.75, 3.05) is 4.90 Å². The van der Waals surface area contributed by atoms with Crippen LogP contribution in [0.1, 0.15) is 0 Å². The maximum absolute atomic E-state index is 2.42. The third-order valence-corrected chi connectivity index (χ3v) is 10.7. The molecule has 0 N–H and O–H groups in total. The largest absolute Gasteiger partial charge is 0.309 e. The van der Waals surface area contributed by atoms with Crippen LogP contribution < -0.4 is 4.90 Å². The van der Waals surface area contributed by atoms with Crippen LogP contribution in [0.4, 0.5) is 17.1 Å². The van der Waals surface area contributed by atoms with E-state index in [-0.39, 0.29) is 0 Å². The smallest absolute Gasteiger partial charge is 0.0640 e. The van der Waals surface area contributed by atoms with E-state index >= 15 is 0 Å². The summed E-state index contributed by atoms with van der Waals surface area (Å²) in [6.07, 6.45) is 0. The van der Waals surface area contributed by atoms with E-state index in [9.17, 15) is 0 Å². The van der Waals surface area contributed by atoms with Crippen LogP contribution in [-0.2, 0) is 0 Å². The molecule has 214 valence electrons. The van der Waals surface area contributed by atoms with E-state index in [1.807, 2.05) is 11.3 Å². The molecule has 8 aromatic carbocycles. The average Bonchev–Trinajstić information content (AvgIpc) is 3.50. The number of nitrogens with zero attached hydrogens (tertiary/aromatic N) is 1. The summed E-state index contributed by atoms with van der Waals surface area (Å²) < 4.78 is 2.62. The van der Waals surface area contributed by atoms with E-state index in [2.05, 4.69) is 169 Å². The Morgan fingerprint density at radius 1 is 0.370 bits per heavy atom. The van der Waals surface area contributed by atoms with E-state index < -0.39 is 0 Å². The first-order valence-corrected chi connectivity index (χ1v) is 16.6. The van der Waals surface area contributed by atoms with Crippen molar-refractivity contribution < 1.29 is 0 Å². The Bertz CT molecular complexity index is 2630. The topological polar surface area (TPSA) is 3.24 Å². The molecule has 0 amide bonds. The van der Waals surface area contributed by atoms with Crippen molar-refractivity contribution in [3.05, 3.63) is 164 Å². The molecule has 1 aliphatic rings. The lowest BCUT2D eigenvalue weighted by molar-refractivity contribution is 1.31. The highest BCUT2D eigenvalue weighted by molar-refractivity contribution is 7.26. The second-order valence-corrected chi connectivity index (χ2v) is 13.2.